The van der Waals surface area contributed by atoms with Crippen molar-refractivity contribution in [1.82, 2.24) is 4.98 Å². The Kier molecular flexibility index (Phi) is 5.94. The van der Waals surface area contributed by atoms with E-state index in [0.717, 1.165) is 10.6 Å². The fraction of sp³-hybridized carbons (Fsp3) is 0.211. The van der Waals surface area contributed by atoms with Crippen LogP contribution in [0.1, 0.15) is 37.7 Å². The van der Waals surface area contributed by atoms with Gasteiger partial charge < -0.3 is 10.1 Å². The van der Waals surface area contributed by atoms with E-state index in [1.807, 2.05) is 24.4 Å². The van der Waals surface area contributed by atoms with Gasteiger partial charge in [0.2, 0.25) is 0 Å². The minimum Gasteiger partial charge on any atom is -0.462 e. The summed E-state index contributed by atoms with van der Waals surface area (Å²) < 4.78 is 5.21. The van der Waals surface area contributed by atoms with Crippen LogP contribution in [0, 0.1) is 13.8 Å². The van der Waals surface area contributed by atoms with Gasteiger partial charge >= 0.3 is 5.97 Å². The van der Waals surface area contributed by atoms with Crippen LogP contribution in [0.25, 0.3) is 11.1 Å². The van der Waals surface area contributed by atoms with Crippen LogP contribution in [0.15, 0.2) is 29.6 Å². The van der Waals surface area contributed by atoms with Crippen molar-refractivity contribution in [3.05, 3.63) is 55.8 Å². The van der Waals surface area contributed by atoms with E-state index in [4.69, 9.17) is 16.3 Å². The van der Waals surface area contributed by atoms with E-state index in [-0.39, 0.29) is 12.5 Å². The molecule has 8 heteroatoms. The fourth-order valence-electron chi connectivity index (χ4n) is 2.60. The van der Waals surface area contributed by atoms with Crippen LogP contribution in [0.5, 0.6) is 0 Å². The SMILES string of the molecule is CCOC(=O)c1c(-c2ccc(Cl)cc2)csc1NC(=O)c1sc(C)nc1C. The van der Waals surface area contributed by atoms with Crippen LogP contribution in [-0.2, 0) is 4.74 Å². The molecular weight excluding hydrogens is 404 g/mol. The molecule has 2 heterocycles. The summed E-state index contributed by atoms with van der Waals surface area (Å²) in [5.74, 6) is -0.760. The number of benzene rings is 1. The monoisotopic (exact) mass is 420 g/mol. The van der Waals surface area contributed by atoms with E-state index in [2.05, 4.69) is 10.3 Å². The highest BCUT2D eigenvalue weighted by atomic mass is 35.5. The molecule has 1 amide bonds. The molecule has 0 fully saturated rings. The molecule has 1 aromatic carbocycles. The molecule has 0 aliphatic carbocycles. The summed E-state index contributed by atoms with van der Waals surface area (Å²) in [7, 11) is 0. The quantitative estimate of drug-likeness (QED) is 0.548. The van der Waals surface area contributed by atoms with Gasteiger partial charge in [-0.1, -0.05) is 23.7 Å². The Balaban J connectivity index is 1.99. The van der Waals surface area contributed by atoms with E-state index in [1.54, 1.807) is 26.0 Å². The molecule has 3 rings (SSSR count). The lowest BCUT2D eigenvalue weighted by molar-refractivity contribution is 0.0529. The number of thiophene rings is 1. The molecule has 140 valence electrons. The molecule has 27 heavy (non-hydrogen) atoms. The number of nitrogens with one attached hydrogen (secondary N) is 1. The number of rotatable bonds is 5. The maximum absolute atomic E-state index is 12.7. The van der Waals surface area contributed by atoms with Crippen molar-refractivity contribution in [2.24, 2.45) is 0 Å². The van der Waals surface area contributed by atoms with Gasteiger partial charge in [-0.25, -0.2) is 9.78 Å². The minimum atomic E-state index is -0.476. The largest absolute Gasteiger partial charge is 0.462 e. The van der Waals surface area contributed by atoms with Crippen LogP contribution < -0.4 is 5.32 Å². The highest BCUT2D eigenvalue weighted by molar-refractivity contribution is 7.16. The van der Waals surface area contributed by atoms with E-state index >= 15 is 0 Å². The van der Waals surface area contributed by atoms with Gasteiger partial charge in [0.05, 0.1) is 17.3 Å². The number of anilines is 1. The lowest BCUT2D eigenvalue weighted by atomic mass is 10.0. The molecule has 0 unspecified atom stereocenters. The summed E-state index contributed by atoms with van der Waals surface area (Å²) in [4.78, 5) is 30.1. The Bertz CT molecular complexity index is 993. The number of ether oxygens (including phenoxy) is 1. The van der Waals surface area contributed by atoms with Crippen molar-refractivity contribution in [2.45, 2.75) is 20.8 Å². The zero-order valence-corrected chi connectivity index (χ0v) is 17.3. The third kappa shape index (κ3) is 4.21. The average molecular weight is 421 g/mol. The van der Waals surface area contributed by atoms with Crippen LogP contribution in [0.2, 0.25) is 5.02 Å². The van der Waals surface area contributed by atoms with Crippen molar-refractivity contribution in [1.29, 1.82) is 0 Å². The first kappa shape index (κ1) is 19.5. The van der Waals surface area contributed by atoms with E-state index < -0.39 is 5.97 Å². The van der Waals surface area contributed by atoms with E-state index in [9.17, 15) is 9.59 Å². The maximum atomic E-state index is 12.7. The Morgan fingerprint density at radius 2 is 1.93 bits per heavy atom. The second-order valence-corrected chi connectivity index (χ2v) is 8.20. The molecular formula is C19H17ClN2O3S2. The van der Waals surface area contributed by atoms with Crippen molar-refractivity contribution in [2.75, 3.05) is 11.9 Å². The lowest BCUT2D eigenvalue weighted by Crippen LogP contribution is -2.14. The summed E-state index contributed by atoms with van der Waals surface area (Å²) in [6, 6.07) is 7.17. The number of hydrogen-bond donors (Lipinski definition) is 1. The highest BCUT2D eigenvalue weighted by Crippen LogP contribution is 2.37. The predicted octanol–water partition coefficient (Wildman–Crippen LogP) is 5.57. The van der Waals surface area contributed by atoms with Crippen molar-refractivity contribution in [3.63, 3.8) is 0 Å². The highest BCUT2D eigenvalue weighted by Gasteiger charge is 2.24. The Morgan fingerprint density at radius 1 is 1.22 bits per heavy atom. The van der Waals surface area contributed by atoms with Crippen LogP contribution in [0.4, 0.5) is 5.00 Å². The normalized spacial score (nSPS) is 10.7. The first-order chi connectivity index (χ1) is 12.9. The Hall–Kier alpha value is -2.22. The molecule has 2 aromatic heterocycles. The number of nitrogens with zero attached hydrogens (tertiary/aromatic N) is 1. The predicted molar refractivity (Wildman–Crippen MR) is 110 cm³/mol. The van der Waals surface area contributed by atoms with E-state index in [1.165, 1.54) is 22.7 Å². The van der Waals surface area contributed by atoms with Crippen LogP contribution in [-0.4, -0.2) is 23.5 Å². The topological polar surface area (TPSA) is 68.3 Å². The van der Waals surface area contributed by atoms with Crippen LogP contribution in [0.3, 0.4) is 0 Å². The summed E-state index contributed by atoms with van der Waals surface area (Å²) >= 11 is 8.56. The van der Waals surface area contributed by atoms with Crippen LogP contribution >= 0.6 is 34.3 Å². The van der Waals surface area contributed by atoms with Crippen molar-refractivity contribution in [3.8, 4) is 11.1 Å². The summed E-state index contributed by atoms with van der Waals surface area (Å²) in [5, 5.41) is 6.55. The standard InChI is InChI=1S/C19H17ClN2O3S2/c1-4-25-19(24)15-14(12-5-7-13(20)8-6-12)9-26-18(15)22-17(23)16-10(2)21-11(3)27-16/h5-9H,4H2,1-3H3,(H,22,23). The van der Waals surface area contributed by atoms with Crippen molar-refractivity contribution >= 4 is 51.2 Å². The number of aromatic nitrogens is 1. The Labute approximate surface area is 170 Å². The zero-order chi connectivity index (χ0) is 19.6. The smallest absolute Gasteiger partial charge is 0.341 e. The number of aryl methyl sites for hydroxylation is 2. The molecule has 0 bridgehead atoms. The maximum Gasteiger partial charge on any atom is 0.341 e. The molecule has 3 aromatic rings. The first-order valence-electron chi connectivity index (χ1n) is 8.20. The molecule has 0 aliphatic heterocycles. The summed E-state index contributed by atoms with van der Waals surface area (Å²) in [5.41, 5.74) is 2.53. The summed E-state index contributed by atoms with van der Waals surface area (Å²) in [6.45, 7) is 5.63. The first-order valence-corrected chi connectivity index (χ1v) is 10.3. The van der Waals surface area contributed by atoms with Gasteiger partial charge in [0, 0.05) is 16.0 Å². The van der Waals surface area contributed by atoms with Crippen molar-refractivity contribution < 1.29 is 14.3 Å². The number of halogens is 1. The number of carbonyl (C=O) groups excluding carboxylic acids is 2. The molecule has 0 atom stereocenters. The molecule has 0 aliphatic rings. The molecule has 5 nitrogen and oxygen atoms in total. The molecule has 0 spiro atoms. The Morgan fingerprint density at radius 3 is 2.52 bits per heavy atom. The molecule has 0 saturated heterocycles. The van der Waals surface area contributed by atoms with E-state index in [0.29, 0.717) is 31.7 Å². The molecule has 0 radical (unpaired) electrons. The van der Waals surface area contributed by atoms with Gasteiger partial charge in [-0.2, -0.15) is 0 Å². The number of carbonyl (C=O) groups is 2. The van der Waals surface area contributed by atoms with Gasteiger partial charge in [-0.15, -0.1) is 22.7 Å². The van der Waals surface area contributed by atoms with Gasteiger partial charge in [-0.3, -0.25) is 4.79 Å². The third-order valence-corrected chi connectivity index (χ3v) is 5.98. The van der Waals surface area contributed by atoms with Gasteiger partial charge in [0.1, 0.15) is 15.4 Å². The number of amides is 1. The summed E-state index contributed by atoms with van der Waals surface area (Å²) in [6.07, 6.45) is 0. The second-order valence-electron chi connectivity index (χ2n) is 5.68. The van der Waals surface area contributed by atoms with Gasteiger partial charge in [0.15, 0.2) is 0 Å². The minimum absolute atomic E-state index is 0.245. The fourth-order valence-corrected chi connectivity index (χ4v) is 4.49. The molecule has 0 saturated carbocycles. The molecule has 1 N–H and O–H groups in total. The zero-order valence-electron chi connectivity index (χ0n) is 15.0. The number of esters is 1. The second kappa shape index (κ2) is 8.21. The third-order valence-electron chi connectivity index (χ3n) is 3.76. The lowest BCUT2D eigenvalue weighted by Gasteiger charge is -2.08. The van der Waals surface area contributed by atoms with Gasteiger partial charge in [0.25, 0.3) is 5.91 Å². The van der Waals surface area contributed by atoms with Gasteiger partial charge in [-0.05, 0) is 38.5 Å². The number of thiazole rings is 1. The number of hydrogen-bond acceptors (Lipinski definition) is 6. The average Bonchev–Trinajstić information content (AvgIpc) is 3.18.